The number of nitrogens with one attached hydrogen (secondary N) is 2. The number of rotatable bonds is 30. The van der Waals surface area contributed by atoms with Gasteiger partial charge in [0, 0.05) is 12.8 Å². The highest BCUT2D eigenvalue weighted by atomic mass is 16.5. The van der Waals surface area contributed by atoms with E-state index < -0.39 is 24.5 Å². The minimum Gasteiger partial charge on any atom is -0.480 e. The van der Waals surface area contributed by atoms with Gasteiger partial charge in [0.2, 0.25) is 11.8 Å². The van der Waals surface area contributed by atoms with Crippen LogP contribution in [-0.4, -0.2) is 59.3 Å². The van der Waals surface area contributed by atoms with Crippen molar-refractivity contribution in [2.24, 2.45) is 0 Å². The fourth-order valence-corrected chi connectivity index (χ4v) is 4.72. The van der Waals surface area contributed by atoms with Gasteiger partial charge in [-0.1, -0.05) is 109 Å². The van der Waals surface area contributed by atoms with E-state index in [1.165, 1.54) is 51.4 Å². The largest absolute Gasteiger partial charge is 0.480 e. The Bertz CT molecular complexity index is 813. The zero-order valence-electron chi connectivity index (χ0n) is 27.7. The Balaban J connectivity index is 4.28. The molecule has 9 heteroatoms. The number of carboxylic acid groups (broad SMARTS) is 1. The summed E-state index contributed by atoms with van der Waals surface area (Å²) >= 11 is 0. The van der Waals surface area contributed by atoms with Crippen LogP contribution in [0.1, 0.15) is 149 Å². The van der Waals surface area contributed by atoms with E-state index in [0.29, 0.717) is 19.3 Å². The third kappa shape index (κ3) is 26.9. The molecule has 0 fully saturated rings. The Labute approximate surface area is 266 Å². The Morgan fingerprint density at radius 2 is 1.30 bits per heavy atom. The summed E-state index contributed by atoms with van der Waals surface area (Å²) in [6, 6.07) is -1.38. The first-order valence-corrected chi connectivity index (χ1v) is 17.2. The van der Waals surface area contributed by atoms with E-state index in [0.717, 1.165) is 64.2 Å². The summed E-state index contributed by atoms with van der Waals surface area (Å²) < 4.78 is 5.84. The molecule has 44 heavy (non-hydrogen) atoms. The second-order valence-corrected chi connectivity index (χ2v) is 11.6. The summed E-state index contributed by atoms with van der Waals surface area (Å²) in [7, 11) is 0. The first-order valence-electron chi connectivity index (χ1n) is 17.2. The van der Waals surface area contributed by atoms with Crippen LogP contribution in [0.25, 0.3) is 0 Å². The van der Waals surface area contributed by atoms with Crippen LogP contribution in [0.15, 0.2) is 24.3 Å². The number of allylic oxidation sites excluding steroid dienone is 3. The molecule has 0 aromatic heterocycles. The van der Waals surface area contributed by atoms with E-state index in [1.807, 2.05) is 6.08 Å². The van der Waals surface area contributed by atoms with Crippen molar-refractivity contribution in [1.29, 1.82) is 0 Å². The molecule has 9 nitrogen and oxygen atoms in total. The van der Waals surface area contributed by atoms with Gasteiger partial charge >= 0.3 is 11.9 Å². The fraction of sp³-hybridized carbons (Fsp3) is 0.771. The van der Waals surface area contributed by atoms with Gasteiger partial charge in [0.1, 0.15) is 12.1 Å². The SMILES string of the molecule is CCCCC/C=C\C/C=C\C(CCCCCCCCC(=O)NCC(=O)NC(CO)C(=O)O)OC(=O)CCCCCCCCC. The molecule has 0 aromatic carbocycles. The van der Waals surface area contributed by atoms with Crippen molar-refractivity contribution >= 4 is 23.8 Å². The number of esters is 1. The molecule has 2 unspecified atom stereocenters. The molecule has 0 bridgehead atoms. The summed E-state index contributed by atoms with van der Waals surface area (Å²) in [5, 5.41) is 22.4. The number of carboxylic acids is 1. The van der Waals surface area contributed by atoms with E-state index in [2.05, 4.69) is 42.7 Å². The van der Waals surface area contributed by atoms with Crippen LogP contribution >= 0.6 is 0 Å². The lowest BCUT2D eigenvalue weighted by Gasteiger charge is -2.15. The Kier molecular flexibility index (Phi) is 28.5. The lowest BCUT2D eigenvalue weighted by Crippen LogP contribution is -2.47. The highest BCUT2D eigenvalue weighted by Gasteiger charge is 2.18. The monoisotopic (exact) mass is 622 g/mol. The van der Waals surface area contributed by atoms with Gasteiger partial charge in [0.05, 0.1) is 13.2 Å². The van der Waals surface area contributed by atoms with Gasteiger partial charge in [-0.05, 0) is 51.0 Å². The Morgan fingerprint density at radius 3 is 1.93 bits per heavy atom. The molecule has 0 aliphatic heterocycles. The van der Waals surface area contributed by atoms with Crippen molar-refractivity contribution in [3.05, 3.63) is 24.3 Å². The molecule has 2 amide bonds. The third-order valence-corrected chi connectivity index (χ3v) is 7.44. The van der Waals surface area contributed by atoms with Crippen molar-refractivity contribution < 1.29 is 34.1 Å². The Morgan fingerprint density at radius 1 is 0.705 bits per heavy atom. The molecule has 0 heterocycles. The molecular weight excluding hydrogens is 560 g/mol. The van der Waals surface area contributed by atoms with E-state index in [1.54, 1.807) is 0 Å². The van der Waals surface area contributed by atoms with Crippen LogP contribution in [0.2, 0.25) is 0 Å². The minimum atomic E-state index is -1.38. The highest BCUT2D eigenvalue weighted by molar-refractivity contribution is 5.87. The van der Waals surface area contributed by atoms with E-state index >= 15 is 0 Å². The maximum Gasteiger partial charge on any atom is 0.328 e. The van der Waals surface area contributed by atoms with E-state index in [9.17, 15) is 19.2 Å². The molecule has 0 aliphatic carbocycles. The molecule has 0 aliphatic rings. The number of carbonyl (C=O) groups is 4. The number of amides is 2. The summed E-state index contributed by atoms with van der Waals surface area (Å²) in [4.78, 5) is 47.0. The molecule has 2 atom stereocenters. The second-order valence-electron chi connectivity index (χ2n) is 11.6. The highest BCUT2D eigenvalue weighted by Crippen LogP contribution is 2.15. The van der Waals surface area contributed by atoms with Crippen LogP contribution < -0.4 is 10.6 Å². The molecule has 254 valence electrons. The van der Waals surface area contributed by atoms with Gasteiger partial charge in [0.25, 0.3) is 0 Å². The minimum absolute atomic E-state index is 0.103. The zero-order valence-corrected chi connectivity index (χ0v) is 27.7. The number of ether oxygens (including phenoxy) is 1. The van der Waals surface area contributed by atoms with Crippen molar-refractivity contribution in [2.45, 2.75) is 161 Å². The number of hydrogen-bond donors (Lipinski definition) is 4. The summed E-state index contributed by atoms with van der Waals surface area (Å²) in [5.74, 6) is -2.36. The van der Waals surface area contributed by atoms with Gasteiger partial charge in [-0.25, -0.2) is 4.79 Å². The zero-order chi connectivity index (χ0) is 32.7. The molecule has 0 radical (unpaired) electrons. The maximum atomic E-state index is 12.5. The third-order valence-electron chi connectivity index (χ3n) is 7.44. The smallest absolute Gasteiger partial charge is 0.328 e. The quantitative estimate of drug-likeness (QED) is 0.0387. The van der Waals surface area contributed by atoms with Gasteiger partial charge in [-0.3, -0.25) is 14.4 Å². The number of aliphatic hydroxyl groups is 1. The average Bonchev–Trinajstić information content (AvgIpc) is 3.00. The lowest BCUT2D eigenvalue weighted by molar-refractivity contribution is -0.147. The van der Waals surface area contributed by atoms with Crippen LogP contribution in [0.4, 0.5) is 0 Å². The predicted octanol–water partition coefficient (Wildman–Crippen LogP) is 6.92. The number of aliphatic carboxylic acids is 1. The standard InChI is InChI=1S/C35H62N2O7/c1-3-5-7-9-11-13-16-20-24-30(44-34(41)27-23-19-12-10-8-6-4-2)25-21-17-14-15-18-22-26-32(39)36-28-33(40)37-31(29-38)35(42)43/h11,13,20,24,30-31,38H,3-10,12,14-19,21-23,25-29H2,1-2H3,(H,36,39)(H,37,40)(H,42,43)/b13-11-,24-20-. The first-order chi connectivity index (χ1) is 21.3. The molecule has 4 N–H and O–H groups in total. The van der Waals surface area contributed by atoms with E-state index in [-0.39, 0.29) is 24.5 Å². The van der Waals surface area contributed by atoms with Gasteiger partial charge in [-0.15, -0.1) is 0 Å². The van der Waals surface area contributed by atoms with Gasteiger partial charge in [0.15, 0.2) is 0 Å². The van der Waals surface area contributed by atoms with Crippen LogP contribution in [-0.2, 0) is 23.9 Å². The molecule has 0 spiro atoms. The van der Waals surface area contributed by atoms with Crippen molar-refractivity contribution in [2.75, 3.05) is 13.2 Å². The molecular formula is C35H62N2O7. The number of carbonyl (C=O) groups excluding carboxylic acids is 3. The second kappa shape index (κ2) is 30.4. The molecule has 0 aromatic rings. The fourth-order valence-electron chi connectivity index (χ4n) is 4.72. The number of hydrogen-bond acceptors (Lipinski definition) is 6. The molecule has 0 saturated carbocycles. The van der Waals surface area contributed by atoms with Crippen LogP contribution in [0, 0.1) is 0 Å². The maximum absolute atomic E-state index is 12.5. The van der Waals surface area contributed by atoms with Crippen molar-refractivity contribution in [3.63, 3.8) is 0 Å². The number of unbranched alkanes of at least 4 members (excludes halogenated alkanes) is 14. The van der Waals surface area contributed by atoms with Crippen molar-refractivity contribution in [3.8, 4) is 0 Å². The predicted molar refractivity (Wildman–Crippen MR) is 176 cm³/mol. The van der Waals surface area contributed by atoms with Crippen molar-refractivity contribution in [1.82, 2.24) is 10.6 Å². The summed E-state index contributed by atoms with van der Waals surface area (Å²) in [6.45, 7) is 3.39. The lowest BCUT2D eigenvalue weighted by atomic mass is 10.1. The normalized spacial score (nSPS) is 12.8. The summed E-state index contributed by atoms with van der Waals surface area (Å²) in [6.07, 6.45) is 29.5. The first kappa shape index (κ1) is 41.3. The van der Waals surface area contributed by atoms with Gasteiger partial charge < -0.3 is 25.6 Å². The molecule has 0 rings (SSSR count). The topological polar surface area (TPSA) is 142 Å². The molecule has 0 saturated heterocycles. The van der Waals surface area contributed by atoms with Gasteiger partial charge in [-0.2, -0.15) is 0 Å². The average molecular weight is 623 g/mol. The Hall–Kier alpha value is -2.68. The van der Waals surface area contributed by atoms with Crippen LogP contribution in [0.3, 0.4) is 0 Å². The van der Waals surface area contributed by atoms with Crippen LogP contribution in [0.5, 0.6) is 0 Å². The number of aliphatic hydroxyl groups excluding tert-OH is 1. The van der Waals surface area contributed by atoms with E-state index in [4.69, 9.17) is 14.9 Å². The summed E-state index contributed by atoms with van der Waals surface area (Å²) in [5.41, 5.74) is 0.